The Hall–Kier alpha value is 0. The van der Waals surface area contributed by atoms with Gasteiger partial charge in [0, 0.05) is 0 Å². The van der Waals surface area contributed by atoms with Crippen molar-refractivity contribution < 1.29 is 0 Å². The summed E-state index contributed by atoms with van der Waals surface area (Å²) < 4.78 is 0. The highest BCUT2D eigenvalue weighted by molar-refractivity contribution is 4.84. The average Bonchev–Trinajstić information content (AvgIpc) is 2.60. The van der Waals surface area contributed by atoms with E-state index in [1.807, 2.05) is 0 Å². The molecule has 0 nitrogen and oxygen atoms in total. The van der Waals surface area contributed by atoms with Crippen LogP contribution in [0.25, 0.3) is 0 Å². The predicted octanol–water partition coefficient (Wildman–Crippen LogP) is 3.22. The second-order valence-electron chi connectivity index (χ2n) is 4.29. The molecule has 58 valence electrons. The van der Waals surface area contributed by atoms with E-state index in [1.165, 1.54) is 12.3 Å². The molecule has 0 N–H and O–H groups in total. The summed E-state index contributed by atoms with van der Waals surface area (Å²) in [5.41, 5.74) is 0. The number of hydrogen-bond acceptors (Lipinski definition) is 0. The molecule has 2 saturated carbocycles. The minimum absolute atomic E-state index is 1.11. The molecule has 0 aromatic heterocycles. The molecule has 2 aliphatic carbocycles. The summed E-state index contributed by atoms with van der Waals surface area (Å²) in [7, 11) is 0. The highest BCUT2D eigenvalue weighted by Crippen LogP contribution is 2.45. The van der Waals surface area contributed by atoms with E-state index in [9.17, 15) is 0 Å². The lowest BCUT2D eigenvalue weighted by Crippen LogP contribution is -2.23. The van der Waals surface area contributed by atoms with Crippen LogP contribution >= 0.6 is 0 Å². The number of hydrogen-bond donors (Lipinski definition) is 0. The van der Waals surface area contributed by atoms with Crippen LogP contribution in [0.4, 0.5) is 0 Å². The van der Waals surface area contributed by atoms with Crippen LogP contribution in [0.3, 0.4) is 0 Å². The molecule has 0 bridgehead atoms. The van der Waals surface area contributed by atoms with Gasteiger partial charge in [-0.05, 0) is 37.0 Å². The molecule has 0 aliphatic heterocycles. The highest BCUT2D eigenvalue weighted by atomic mass is 14.4. The first kappa shape index (κ1) is 6.69. The van der Waals surface area contributed by atoms with E-state index in [0.717, 1.165) is 11.8 Å². The van der Waals surface area contributed by atoms with Gasteiger partial charge in [-0.15, -0.1) is 0 Å². The van der Waals surface area contributed by atoms with Gasteiger partial charge >= 0.3 is 0 Å². The fourth-order valence-corrected chi connectivity index (χ4v) is 2.22. The van der Waals surface area contributed by atoms with Crippen molar-refractivity contribution in [3.05, 3.63) is 0 Å². The maximum absolute atomic E-state index is 2.33. The Morgan fingerprint density at radius 1 is 1.00 bits per heavy atom. The average molecular weight is 138 g/mol. The zero-order chi connectivity index (χ0) is 6.97. The summed E-state index contributed by atoms with van der Waals surface area (Å²) >= 11 is 0. The molecule has 0 aromatic rings. The van der Waals surface area contributed by atoms with Crippen molar-refractivity contribution in [2.75, 3.05) is 0 Å². The quantitative estimate of drug-likeness (QED) is 0.561. The van der Waals surface area contributed by atoms with E-state index in [1.54, 1.807) is 32.1 Å². The maximum Gasteiger partial charge on any atom is -0.0406 e. The van der Waals surface area contributed by atoms with Crippen molar-refractivity contribution in [2.24, 2.45) is 17.8 Å². The third kappa shape index (κ3) is 1.36. The molecule has 2 aliphatic rings. The molecule has 0 heterocycles. The van der Waals surface area contributed by atoms with Crippen molar-refractivity contribution in [2.45, 2.75) is 45.4 Å². The van der Waals surface area contributed by atoms with Crippen LogP contribution in [0, 0.1) is 17.8 Å². The van der Waals surface area contributed by atoms with Gasteiger partial charge in [-0.3, -0.25) is 0 Å². The summed E-state index contributed by atoms with van der Waals surface area (Å²) in [4.78, 5) is 0. The summed E-state index contributed by atoms with van der Waals surface area (Å²) in [5.74, 6) is 3.43. The van der Waals surface area contributed by atoms with Crippen molar-refractivity contribution >= 4 is 0 Å². The lowest BCUT2D eigenvalue weighted by atomic mass is 9.71. The Morgan fingerprint density at radius 2 is 1.70 bits per heavy atom. The standard InChI is InChI=1S/C10H18/c1-2-8-5-10(6-8)7-9-3-4-9/h8-10H,2-7H2,1H3. The normalized spacial score (nSPS) is 39.3. The Morgan fingerprint density at radius 3 is 2.20 bits per heavy atom. The van der Waals surface area contributed by atoms with Gasteiger partial charge in [-0.2, -0.15) is 0 Å². The first-order valence-electron chi connectivity index (χ1n) is 4.88. The largest absolute Gasteiger partial charge is 0.0651 e. The summed E-state index contributed by atoms with van der Waals surface area (Å²) in [6.45, 7) is 2.33. The van der Waals surface area contributed by atoms with Crippen LogP contribution in [0.1, 0.15) is 45.4 Å². The van der Waals surface area contributed by atoms with E-state index in [4.69, 9.17) is 0 Å². The molecule has 2 fully saturated rings. The van der Waals surface area contributed by atoms with Gasteiger partial charge in [0.1, 0.15) is 0 Å². The van der Waals surface area contributed by atoms with Crippen LogP contribution in [-0.4, -0.2) is 0 Å². The molecule has 10 heavy (non-hydrogen) atoms. The van der Waals surface area contributed by atoms with E-state index < -0.39 is 0 Å². The zero-order valence-electron chi connectivity index (χ0n) is 6.97. The Balaban J connectivity index is 1.60. The summed E-state index contributed by atoms with van der Waals surface area (Å²) in [6, 6.07) is 0. The van der Waals surface area contributed by atoms with Crippen molar-refractivity contribution in [1.29, 1.82) is 0 Å². The molecular weight excluding hydrogens is 120 g/mol. The number of rotatable bonds is 3. The van der Waals surface area contributed by atoms with Gasteiger partial charge in [-0.1, -0.05) is 26.2 Å². The van der Waals surface area contributed by atoms with Gasteiger partial charge in [-0.25, -0.2) is 0 Å². The monoisotopic (exact) mass is 138 g/mol. The lowest BCUT2D eigenvalue weighted by Gasteiger charge is -2.34. The Kier molecular flexibility index (Phi) is 1.71. The van der Waals surface area contributed by atoms with Crippen molar-refractivity contribution in [1.82, 2.24) is 0 Å². The topological polar surface area (TPSA) is 0 Å². The molecule has 0 unspecified atom stereocenters. The Labute approximate surface area is 64.0 Å². The van der Waals surface area contributed by atoms with Gasteiger partial charge in [0.05, 0.1) is 0 Å². The zero-order valence-corrected chi connectivity index (χ0v) is 6.97. The molecule has 2 rings (SSSR count). The molecule has 0 atom stereocenters. The predicted molar refractivity (Wildman–Crippen MR) is 43.8 cm³/mol. The van der Waals surface area contributed by atoms with Crippen LogP contribution in [-0.2, 0) is 0 Å². The van der Waals surface area contributed by atoms with E-state index >= 15 is 0 Å². The smallest absolute Gasteiger partial charge is 0.0406 e. The fourth-order valence-electron chi connectivity index (χ4n) is 2.22. The third-order valence-corrected chi connectivity index (χ3v) is 3.27. The second kappa shape index (κ2) is 2.56. The van der Waals surface area contributed by atoms with E-state index in [2.05, 4.69) is 6.92 Å². The maximum atomic E-state index is 2.33. The third-order valence-electron chi connectivity index (χ3n) is 3.27. The van der Waals surface area contributed by atoms with Crippen LogP contribution < -0.4 is 0 Å². The fraction of sp³-hybridized carbons (Fsp3) is 1.00. The van der Waals surface area contributed by atoms with Gasteiger partial charge < -0.3 is 0 Å². The minimum atomic E-state index is 1.11. The van der Waals surface area contributed by atoms with Crippen LogP contribution in [0.15, 0.2) is 0 Å². The first-order valence-corrected chi connectivity index (χ1v) is 4.88. The van der Waals surface area contributed by atoms with E-state index in [0.29, 0.717) is 0 Å². The Bertz CT molecular complexity index is 107. The van der Waals surface area contributed by atoms with Gasteiger partial charge in [0.2, 0.25) is 0 Å². The van der Waals surface area contributed by atoms with Crippen molar-refractivity contribution in [3.8, 4) is 0 Å². The van der Waals surface area contributed by atoms with Gasteiger partial charge in [0.25, 0.3) is 0 Å². The molecule has 0 aromatic carbocycles. The second-order valence-corrected chi connectivity index (χ2v) is 4.29. The van der Waals surface area contributed by atoms with Crippen LogP contribution in [0.2, 0.25) is 0 Å². The first-order chi connectivity index (χ1) is 4.88. The summed E-state index contributed by atoms with van der Waals surface area (Å²) in [5, 5.41) is 0. The van der Waals surface area contributed by atoms with Gasteiger partial charge in [0.15, 0.2) is 0 Å². The van der Waals surface area contributed by atoms with Crippen molar-refractivity contribution in [3.63, 3.8) is 0 Å². The van der Waals surface area contributed by atoms with Crippen LogP contribution in [0.5, 0.6) is 0 Å². The highest BCUT2D eigenvalue weighted by Gasteiger charge is 2.32. The molecule has 0 radical (unpaired) electrons. The lowest BCUT2D eigenvalue weighted by molar-refractivity contribution is 0.170. The molecular formula is C10H18. The minimum Gasteiger partial charge on any atom is -0.0651 e. The molecule has 0 amide bonds. The molecule has 0 heteroatoms. The summed E-state index contributed by atoms with van der Waals surface area (Å²) in [6.07, 6.45) is 9.23. The SMILES string of the molecule is CCC1CC(CC2CC2)C1. The molecule has 0 saturated heterocycles. The van der Waals surface area contributed by atoms with E-state index in [-0.39, 0.29) is 0 Å². The molecule has 0 spiro atoms.